The van der Waals surface area contributed by atoms with E-state index < -0.39 is 0 Å². The van der Waals surface area contributed by atoms with Crippen LogP contribution in [0.3, 0.4) is 0 Å². The van der Waals surface area contributed by atoms with Gasteiger partial charge in [0.15, 0.2) is 4.34 Å². The first-order valence-electron chi connectivity index (χ1n) is 6.42. The average Bonchev–Trinajstić information content (AvgIpc) is 2.87. The molecule has 1 unspecified atom stereocenters. The van der Waals surface area contributed by atoms with Gasteiger partial charge >= 0.3 is 0 Å². The van der Waals surface area contributed by atoms with Crippen LogP contribution >= 0.6 is 23.3 Å². The van der Waals surface area contributed by atoms with Crippen LogP contribution in [0.15, 0.2) is 28.6 Å². The lowest BCUT2D eigenvalue weighted by Crippen LogP contribution is -2.18. The lowest BCUT2D eigenvalue weighted by atomic mass is 10.1. The summed E-state index contributed by atoms with van der Waals surface area (Å²) in [6.45, 7) is 4.21. The van der Waals surface area contributed by atoms with Crippen molar-refractivity contribution < 1.29 is 0 Å². The summed E-state index contributed by atoms with van der Waals surface area (Å²) in [5, 5.41) is 3.37. The second kappa shape index (κ2) is 7.03. The van der Waals surface area contributed by atoms with Crippen molar-refractivity contribution in [2.75, 3.05) is 12.8 Å². The Kier molecular flexibility index (Phi) is 5.36. The van der Waals surface area contributed by atoms with Crippen LogP contribution in [-0.4, -0.2) is 22.2 Å². The zero-order chi connectivity index (χ0) is 13.7. The van der Waals surface area contributed by atoms with E-state index in [0.717, 1.165) is 22.3 Å². The molecule has 0 radical (unpaired) electrons. The van der Waals surface area contributed by atoms with Crippen molar-refractivity contribution in [3.05, 3.63) is 41.2 Å². The Morgan fingerprint density at radius 2 is 2.26 bits per heavy atom. The number of thioether (sulfide) groups is 1. The van der Waals surface area contributed by atoms with Gasteiger partial charge in [-0.15, -0.1) is 0 Å². The Hall–Kier alpha value is -0.910. The fourth-order valence-corrected chi connectivity index (χ4v) is 3.69. The highest BCUT2D eigenvalue weighted by Gasteiger charge is 2.11. The lowest BCUT2D eigenvalue weighted by molar-refractivity contribution is 0.661. The van der Waals surface area contributed by atoms with Gasteiger partial charge in [-0.05, 0) is 31.1 Å². The Morgan fingerprint density at radius 3 is 2.89 bits per heavy atom. The van der Waals surface area contributed by atoms with Crippen molar-refractivity contribution >= 4 is 23.3 Å². The highest BCUT2D eigenvalue weighted by Crippen LogP contribution is 2.26. The first-order valence-corrected chi connectivity index (χ1v) is 8.18. The molecule has 0 saturated heterocycles. The SMILES string of the molecule is CCc1nsc(SCC(NC)c2cccc(C)c2)n1. The number of aromatic nitrogens is 2. The first kappa shape index (κ1) is 14.5. The summed E-state index contributed by atoms with van der Waals surface area (Å²) >= 11 is 3.27. The molecule has 2 rings (SSSR count). The standard InChI is InChI=1S/C14H19N3S2/c1-4-13-16-14(19-17-13)18-9-12(15-3)11-7-5-6-10(2)8-11/h5-8,12,15H,4,9H2,1-3H3. The molecule has 0 aliphatic heterocycles. The van der Waals surface area contributed by atoms with Crippen LogP contribution in [0.5, 0.6) is 0 Å². The second-order valence-corrected chi connectivity index (χ2v) is 6.42. The van der Waals surface area contributed by atoms with E-state index in [-0.39, 0.29) is 0 Å². The van der Waals surface area contributed by atoms with Crippen LogP contribution in [0.25, 0.3) is 0 Å². The minimum atomic E-state index is 0.346. The highest BCUT2D eigenvalue weighted by molar-refractivity contribution is 8.00. The van der Waals surface area contributed by atoms with E-state index in [1.165, 1.54) is 22.7 Å². The quantitative estimate of drug-likeness (QED) is 0.828. The van der Waals surface area contributed by atoms with Gasteiger partial charge in [0.2, 0.25) is 0 Å². The fourth-order valence-electron chi connectivity index (χ4n) is 1.83. The maximum atomic E-state index is 4.49. The van der Waals surface area contributed by atoms with Crippen LogP contribution < -0.4 is 5.32 Å². The molecule has 1 N–H and O–H groups in total. The normalized spacial score (nSPS) is 12.6. The summed E-state index contributed by atoms with van der Waals surface area (Å²) in [4.78, 5) is 4.49. The Balaban J connectivity index is 1.99. The van der Waals surface area contributed by atoms with E-state index in [1.807, 2.05) is 7.05 Å². The Labute approximate surface area is 123 Å². The maximum absolute atomic E-state index is 4.49. The largest absolute Gasteiger partial charge is 0.312 e. The number of rotatable bonds is 6. The van der Waals surface area contributed by atoms with E-state index >= 15 is 0 Å². The fraction of sp³-hybridized carbons (Fsp3) is 0.429. The summed E-state index contributed by atoms with van der Waals surface area (Å²) in [6.07, 6.45) is 0.907. The van der Waals surface area contributed by atoms with E-state index in [0.29, 0.717) is 6.04 Å². The van der Waals surface area contributed by atoms with Crippen molar-refractivity contribution in [3.8, 4) is 0 Å². The smallest absolute Gasteiger partial charge is 0.170 e. The van der Waals surface area contributed by atoms with Gasteiger partial charge in [-0.25, -0.2) is 4.98 Å². The lowest BCUT2D eigenvalue weighted by Gasteiger charge is -2.15. The van der Waals surface area contributed by atoms with Gasteiger partial charge in [0.05, 0.1) is 0 Å². The predicted molar refractivity (Wildman–Crippen MR) is 83.0 cm³/mol. The molecule has 0 aliphatic rings. The molecule has 1 atom stereocenters. The predicted octanol–water partition coefficient (Wildman–Crippen LogP) is 3.46. The van der Waals surface area contributed by atoms with Gasteiger partial charge in [-0.2, -0.15) is 4.37 Å². The summed E-state index contributed by atoms with van der Waals surface area (Å²) in [5.74, 6) is 1.92. The molecule has 2 aromatic rings. The number of nitrogens with one attached hydrogen (secondary N) is 1. The van der Waals surface area contributed by atoms with Crippen molar-refractivity contribution in [2.24, 2.45) is 0 Å². The molecule has 5 heteroatoms. The molecule has 3 nitrogen and oxygen atoms in total. The third kappa shape index (κ3) is 4.03. The van der Waals surface area contributed by atoms with Crippen LogP contribution in [0.4, 0.5) is 0 Å². The van der Waals surface area contributed by atoms with Crippen LogP contribution in [-0.2, 0) is 6.42 Å². The van der Waals surface area contributed by atoms with Gasteiger partial charge < -0.3 is 5.32 Å². The van der Waals surface area contributed by atoms with E-state index in [4.69, 9.17) is 0 Å². The zero-order valence-electron chi connectivity index (χ0n) is 11.5. The number of benzene rings is 1. The topological polar surface area (TPSA) is 37.8 Å². The summed E-state index contributed by atoms with van der Waals surface area (Å²) in [5.41, 5.74) is 2.63. The molecule has 102 valence electrons. The van der Waals surface area contributed by atoms with E-state index in [1.54, 1.807) is 11.8 Å². The molecule has 1 heterocycles. The summed E-state index contributed by atoms with van der Waals surface area (Å²) < 4.78 is 5.37. The zero-order valence-corrected chi connectivity index (χ0v) is 13.1. The van der Waals surface area contributed by atoms with Crippen molar-refractivity contribution in [1.82, 2.24) is 14.7 Å². The first-order chi connectivity index (χ1) is 9.22. The van der Waals surface area contributed by atoms with E-state index in [9.17, 15) is 0 Å². The third-order valence-electron chi connectivity index (χ3n) is 2.93. The minimum absolute atomic E-state index is 0.346. The molecule has 0 fully saturated rings. The average molecular weight is 293 g/mol. The monoisotopic (exact) mass is 293 g/mol. The highest BCUT2D eigenvalue weighted by atomic mass is 32.2. The van der Waals surface area contributed by atoms with Crippen molar-refractivity contribution in [2.45, 2.75) is 30.6 Å². The van der Waals surface area contributed by atoms with Crippen molar-refractivity contribution in [3.63, 3.8) is 0 Å². The number of aryl methyl sites for hydroxylation is 2. The summed E-state index contributed by atoms with van der Waals surface area (Å²) in [7, 11) is 2.01. The molecular weight excluding hydrogens is 274 g/mol. The Morgan fingerprint density at radius 1 is 1.42 bits per heavy atom. The van der Waals surface area contributed by atoms with Crippen LogP contribution in [0.1, 0.15) is 29.9 Å². The van der Waals surface area contributed by atoms with Crippen LogP contribution in [0.2, 0.25) is 0 Å². The minimum Gasteiger partial charge on any atom is -0.312 e. The number of nitrogens with zero attached hydrogens (tertiary/aromatic N) is 2. The second-order valence-electron chi connectivity index (χ2n) is 4.40. The van der Waals surface area contributed by atoms with Gasteiger partial charge in [0.25, 0.3) is 0 Å². The van der Waals surface area contributed by atoms with Gasteiger partial charge in [0, 0.05) is 18.2 Å². The van der Waals surface area contributed by atoms with Crippen molar-refractivity contribution in [1.29, 1.82) is 0 Å². The molecule has 1 aromatic carbocycles. The molecule has 19 heavy (non-hydrogen) atoms. The Bertz CT molecular complexity index is 525. The third-order valence-corrected chi connectivity index (χ3v) is 4.90. The molecule has 0 saturated carbocycles. The number of hydrogen-bond donors (Lipinski definition) is 1. The summed E-state index contributed by atoms with van der Waals surface area (Å²) in [6, 6.07) is 8.99. The molecule has 1 aromatic heterocycles. The van der Waals surface area contributed by atoms with Gasteiger partial charge in [-0.1, -0.05) is 48.5 Å². The molecular formula is C14H19N3S2. The molecule has 0 amide bonds. The molecule has 0 spiro atoms. The molecule has 0 bridgehead atoms. The van der Waals surface area contributed by atoms with E-state index in [2.05, 4.69) is 52.8 Å². The number of hydrogen-bond acceptors (Lipinski definition) is 5. The van der Waals surface area contributed by atoms with Gasteiger partial charge in [0.1, 0.15) is 5.82 Å². The maximum Gasteiger partial charge on any atom is 0.170 e. The van der Waals surface area contributed by atoms with Crippen LogP contribution in [0, 0.1) is 6.92 Å². The van der Waals surface area contributed by atoms with Gasteiger partial charge in [-0.3, -0.25) is 0 Å². The molecule has 0 aliphatic carbocycles.